The molecule has 0 fully saturated rings. The third-order valence-corrected chi connectivity index (χ3v) is 1.78. The summed E-state index contributed by atoms with van der Waals surface area (Å²) in [6.45, 7) is -0.341. The Hall–Kier alpha value is -1.13. The largest absolute Gasteiger partial charge is 0.618 e. The lowest BCUT2D eigenvalue weighted by Crippen LogP contribution is -2.32. The average Bonchev–Trinajstić information content (AvgIpc) is 2.11. The first-order valence-corrected chi connectivity index (χ1v) is 4.06. The monoisotopic (exact) mass is 200 g/mol. The minimum atomic E-state index is -0.341. The van der Waals surface area contributed by atoms with Crippen LogP contribution in [0.15, 0.2) is 18.3 Å². The molecule has 0 saturated heterocycles. The van der Waals surface area contributed by atoms with Crippen LogP contribution >= 0.6 is 11.6 Å². The lowest BCUT2D eigenvalue weighted by atomic mass is 10.2. The number of nitrogens with one attached hydrogen (secondary N) is 1. The second-order valence-corrected chi connectivity index (χ2v) is 3.04. The average molecular weight is 201 g/mol. The molecule has 0 unspecified atom stereocenters. The third kappa shape index (κ3) is 2.68. The van der Waals surface area contributed by atoms with Crippen molar-refractivity contribution in [2.45, 2.75) is 6.42 Å². The molecule has 0 radical (unpaired) electrons. The fourth-order valence-electron chi connectivity index (χ4n) is 0.909. The van der Waals surface area contributed by atoms with Crippen LogP contribution in [0.5, 0.6) is 0 Å². The van der Waals surface area contributed by atoms with Gasteiger partial charge in [0.2, 0.25) is 0 Å². The van der Waals surface area contributed by atoms with Gasteiger partial charge in [-0.1, -0.05) is 11.6 Å². The highest BCUT2D eigenvalue weighted by Gasteiger charge is 2.08. The summed E-state index contributed by atoms with van der Waals surface area (Å²) >= 11 is 5.66. The second kappa shape index (κ2) is 4.20. The lowest BCUT2D eigenvalue weighted by Gasteiger charge is -2.03. The zero-order valence-corrected chi connectivity index (χ0v) is 7.58. The molecule has 1 aromatic heterocycles. The third-order valence-electron chi connectivity index (χ3n) is 1.54. The molecule has 1 heterocycles. The highest BCUT2D eigenvalue weighted by Crippen LogP contribution is 2.07. The van der Waals surface area contributed by atoms with Crippen LogP contribution in [0.2, 0.25) is 5.02 Å². The number of aliphatic hydroxyl groups is 1. The van der Waals surface area contributed by atoms with Crippen molar-refractivity contribution < 1.29 is 9.84 Å². The Balaban J connectivity index is 2.87. The van der Waals surface area contributed by atoms with Crippen LogP contribution < -0.4 is 4.73 Å². The topological polar surface area (TPSA) is 71.0 Å². The van der Waals surface area contributed by atoms with E-state index in [4.69, 9.17) is 22.1 Å². The number of hydrogen-bond acceptors (Lipinski definition) is 3. The van der Waals surface area contributed by atoms with E-state index in [1.54, 1.807) is 0 Å². The Labute approximate surface area is 80.5 Å². The van der Waals surface area contributed by atoms with Crippen molar-refractivity contribution in [3.05, 3.63) is 34.3 Å². The number of aromatic nitrogens is 1. The van der Waals surface area contributed by atoms with Gasteiger partial charge in [0.05, 0.1) is 18.1 Å². The molecule has 0 bridgehead atoms. The van der Waals surface area contributed by atoms with Crippen molar-refractivity contribution in [2.24, 2.45) is 0 Å². The summed E-state index contributed by atoms with van der Waals surface area (Å²) in [6, 6.07) is 2.96. The molecule has 0 aliphatic carbocycles. The maximum Gasteiger partial charge on any atom is 0.199 e. The lowest BCUT2D eigenvalue weighted by molar-refractivity contribution is -0.613. The molecule has 0 spiro atoms. The number of halogens is 1. The van der Waals surface area contributed by atoms with Gasteiger partial charge >= 0.3 is 0 Å². The molecule has 1 aromatic rings. The predicted octanol–water partition coefficient (Wildman–Crippen LogP) is 0.528. The van der Waals surface area contributed by atoms with Gasteiger partial charge in [-0.25, -0.2) is 0 Å². The Bertz CT molecular complexity index is 328. The molecule has 70 valence electrons. The standard InChI is InChI=1S/C8H9ClN2O2/c9-6-1-2-11(13)8(3-6)4-7(10)5-12/h1-3,10,12H,4-5H2. The van der Waals surface area contributed by atoms with Gasteiger partial charge in [-0.2, -0.15) is 4.73 Å². The van der Waals surface area contributed by atoms with Crippen molar-refractivity contribution >= 4 is 17.3 Å². The maximum atomic E-state index is 11.1. The van der Waals surface area contributed by atoms with Crippen molar-refractivity contribution in [3.63, 3.8) is 0 Å². The molecule has 0 atom stereocenters. The summed E-state index contributed by atoms with van der Waals surface area (Å²) in [6.07, 6.45) is 1.41. The minimum absolute atomic E-state index is 0.0897. The fraction of sp³-hybridized carbons (Fsp3) is 0.250. The summed E-state index contributed by atoms with van der Waals surface area (Å²) in [5.41, 5.74) is 0.457. The van der Waals surface area contributed by atoms with E-state index in [2.05, 4.69) is 0 Å². The molecular formula is C8H9ClN2O2. The molecule has 0 aromatic carbocycles. The van der Waals surface area contributed by atoms with E-state index in [0.29, 0.717) is 15.4 Å². The van der Waals surface area contributed by atoms with Crippen LogP contribution in [0, 0.1) is 10.6 Å². The molecule has 1 rings (SSSR count). The number of nitrogens with zero attached hydrogens (tertiary/aromatic N) is 1. The van der Waals surface area contributed by atoms with Crippen molar-refractivity contribution in [1.29, 1.82) is 5.41 Å². The molecule has 4 nitrogen and oxygen atoms in total. The van der Waals surface area contributed by atoms with Crippen LogP contribution in [-0.2, 0) is 6.42 Å². The minimum Gasteiger partial charge on any atom is -0.618 e. The SMILES string of the molecule is N=C(CO)Cc1cc(Cl)cc[n+]1[O-]. The summed E-state index contributed by atoms with van der Waals surface area (Å²) in [5, 5.41) is 27.3. The van der Waals surface area contributed by atoms with Gasteiger partial charge in [0, 0.05) is 17.8 Å². The normalized spacial score (nSPS) is 10.0. The van der Waals surface area contributed by atoms with Gasteiger partial charge in [0.1, 0.15) is 0 Å². The van der Waals surface area contributed by atoms with E-state index in [0.717, 1.165) is 0 Å². The summed E-state index contributed by atoms with van der Waals surface area (Å²) < 4.78 is 0.635. The molecule has 0 aliphatic rings. The van der Waals surface area contributed by atoms with Gasteiger partial charge < -0.3 is 15.7 Å². The Kier molecular flexibility index (Phi) is 3.22. The first kappa shape index (κ1) is 9.95. The molecule has 0 amide bonds. The Morgan fingerprint density at radius 3 is 3.00 bits per heavy atom. The van der Waals surface area contributed by atoms with Crippen molar-refractivity contribution in [1.82, 2.24) is 0 Å². The molecule has 0 saturated carbocycles. The van der Waals surface area contributed by atoms with E-state index >= 15 is 0 Å². The van der Waals surface area contributed by atoms with E-state index in [-0.39, 0.29) is 18.7 Å². The van der Waals surface area contributed by atoms with Gasteiger partial charge in [-0.3, -0.25) is 0 Å². The van der Waals surface area contributed by atoms with Gasteiger partial charge in [0.25, 0.3) is 0 Å². The fourth-order valence-corrected chi connectivity index (χ4v) is 1.09. The molecular weight excluding hydrogens is 192 g/mol. The summed E-state index contributed by atoms with van der Waals surface area (Å²) in [4.78, 5) is 0. The second-order valence-electron chi connectivity index (χ2n) is 2.60. The molecule has 5 heteroatoms. The van der Waals surface area contributed by atoms with E-state index < -0.39 is 0 Å². The highest BCUT2D eigenvalue weighted by molar-refractivity contribution is 6.30. The smallest absolute Gasteiger partial charge is 0.199 e. The van der Waals surface area contributed by atoms with E-state index in [1.807, 2.05) is 0 Å². The van der Waals surface area contributed by atoms with Crippen LogP contribution in [0.3, 0.4) is 0 Å². The number of aliphatic hydroxyl groups excluding tert-OH is 1. The molecule has 2 N–H and O–H groups in total. The molecule has 0 aliphatic heterocycles. The Morgan fingerprint density at radius 2 is 2.38 bits per heavy atom. The van der Waals surface area contributed by atoms with Gasteiger partial charge in [-0.05, 0) is 0 Å². The van der Waals surface area contributed by atoms with Crippen LogP contribution in [0.4, 0.5) is 0 Å². The zero-order chi connectivity index (χ0) is 9.84. The van der Waals surface area contributed by atoms with Crippen molar-refractivity contribution in [3.8, 4) is 0 Å². The quantitative estimate of drug-likeness (QED) is 0.425. The van der Waals surface area contributed by atoms with E-state index in [9.17, 15) is 5.21 Å². The number of hydrogen-bond donors (Lipinski definition) is 2. The van der Waals surface area contributed by atoms with Gasteiger partial charge in [-0.15, -0.1) is 0 Å². The first-order chi connectivity index (χ1) is 6.13. The van der Waals surface area contributed by atoms with Crippen LogP contribution in [0.1, 0.15) is 5.69 Å². The van der Waals surface area contributed by atoms with Crippen molar-refractivity contribution in [2.75, 3.05) is 6.61 Å². The van der Waals surface area contributed by atoms with Crippen LogP contribution in [-0.4, -0.2) is 17.4 Å². The summed E-state index contributed by atoms with van der Waals surface area (Å²) in [5.74, 6) is 0. The Morgan fingerprint density at radius 1 is 1.69 bits per heavy atom. The first-order valence-electron chi connectivity index (χ1n) is 3.68. The van der Waals surface area contributed by atoms with E-state index in [1.165, 1.54) is 18.3 Å². The maximum absolute atomic E-state index is 11.1. The summed E-state index contributed by atoms with van der Waals surface area (Å²) in [7, 11) is 0. The number of rotatable bonds is 3. The number of pyridine rings is 1. The zero-order valence-electron chi connectivity index (χ0n) is 6.83. The predicted molar refractivity (Wildman–Crippen MR) is 48.9 cm³/mol. The van der Waals surface area contributed by atoms with Crippen LogP contribution in [0.25, 0.3) is 0 Å². The molecule has 13 heavy (non-hydrogen) atoms. The highest BCUT2D eigenvalue weighted by atomic mass is 35.5. The van der Waals surface area contributed by atoms with Gasteiger partial charge in [0.15, 0.2) is 11.9 Å².